The van der Waals surface area contributed by atoms with Gasteiger partial charge in [-0.3, -0.25) is 10.1 Å². The van der Waals surface area contributed by atoms with E-state index in [4.69, 9.17) is 85.9 Å². The molecule has 12 aromatic rings. The van der Waals surface area contributed by atoms with Crippen LogP contribution in [0.4, 0.5) is 34.1 Å². The number of hydrogen-bond acceptors (Lipinski definition) is 20. The first kappa shape index (κ1) is 88.0. The van der Waals surface area contributed by atoms with Crippen LogP contribution >= 0.6 is 46.4 Å². The molecular weight excluding hydrogens is 1600 g/mol. The van der Waals surface area contributed by atoms with Crippen LogP contribution in [0.15, 0.2) is 249 Å². The molecule has 0 unspecified atom stereocenters. The number of aryl methyl sites for hydroxylation is 4. The molecule has 4 fully saturated rings. The zero-order valence-corrected chi connectivity index (χ0v) is 71.1. The van der Waals surface area contributed by atoms with Crippen LogP contribution in [0.5, 0.6) is 35.0 Å². The monoisotopic (exact) mass is 1690 g/mol. The van der Waals surface area contributed by atoms with Crippen LogP contribution in [-0.4, -0.2) is 114 Å². The summed E-state index contributed by atoms with van der Waals surface area (Å²) >= 11 is 24.9. The number of anilines is 5. The van der Waals surface area contributed by atoms with Gasteiger partial charge < -0.3 is 64.2 Å². The summed E-state index contributed by atoms with van der Waals surface area (Å²) < 4.78 is 29.7. The molecule has 0 spiro atoms. The third-order valence-corrected chi connectivity index (χ3v) is 20.7. The van der Waals surface area contributed by atoms with Crippen molar-refractivity contribution in [2.75, 3.05) is 84.8 Å². The quantitative estimate of drug-likeness (QED) is 0.0266. The third kappa shape index (κ3) is 23.5. The predicted molar refractivity (Wildman–Crippen MR) is 457 cm³/mol. The minimum atomic E-state index is -0.325. The number of nitrogens with zero attached hydrogens (tertiary/aromatic N) is 10. The van der Waals surface area contributed by atoms with Crippen LogP contribution in [0.25, 0.3) is 44.5 Å². The molecule has 4 saturated heterocycles. The van der Waals surface area contributed by atoms with Gasteiger partial charge in [0.2, 0.25) is 23.5 Å². The van der Waals surface area contributed by atoms with Gasteiger partial charge in [-0.25, -0.2) is 19.9 Å². The van der Waals surface area contributed by atoms with Crippen LogP contribution in [0, 0.1) is 47.9 Å². The maximum atomic E-state index is 11.7. The molecule has 116 heavy (non-hydrogen) atoms. The number of nitrogen functional groups attached to an aromatic ring is 1. The first-order valence-corrected chi connectivity index (χ1v) is 38.8. The molecule has 594 valence electrons. The Labute approximate surface area is 728 Å². The summed E-state index contributed by atoms with van der Waals surface area (Å²) in [5, 5.41) is 33.4. The summed E-state index contributed by atoms with van der Waals surface area (Å²) in [6.45, 7) is 13.8. The van der Waals surface area contributed by atoms with E-state index in [1.165, 1.54) is 11.1 Å². The van der Waals surface area contributed by atoms with E-state index in [-0.39, 0.29) is 87.4 Å². The molecule has 21 nitrogen and oxygen atoms in total. The predicted octanol–water partition coefficient (Wildman–Crippen LogP) is 17.9. The molecule has 27 heteroatoms. The summed E-state index contributed by atoms with van der Waals surface area (Å²) in [4.78, 5) is 45.2. The van der Waals surface area contributed by atoms with Gasteiger partial charge in [0.1, 0.15) is 61.7 Å². The van der Waals surface area contributed by atoms with Crippen molar-refractivity contribution in [2.24, 2.45) is 5.34 Å². The van der Waals surface area contributed by atoms with Crippen molar-refractivity contribution in [3.63, 3.8) is 0 Å². The van der Waals surface area contributed by atoms with Gasteiger partial charge >= 0.3 is 29.6 Å². The fourth-order valence-electron chi connectivity index (χ4n) is 14.0. The van der Waals surface area contributed by atoms with Gasteiger partial charge in [-0.15, -0.1) is 5.34 Å². The molecule has 4 aromatic heterocycles. The number of halogens is 4. The van der Waals surface area contributed by atoms with Gasteiger partial charge in [0.15, 0.2) is 0 Å². The molecule has 3 N–H and O–H groups in total. The van der Waals surface area contributed by atoms with Crippen molar-refractivity contribution >= 4 is 80.5 Å². The van der Waals surface area contributed by atoms with E-state index < -0.39 is 0 Å². The number of nitro benzene ring substituents is 1. The number of phenols is 1. The molecular formula is C89H86Cl4FeN11NaO10. The van der Waals surface area contributed by atoms with Crippen LogP contribution in [0.3, 0.4) is 0 Å². The van der Waals surface area contributed by atoms with Crippen molar-refractivity contribution in [1.82, 2.24) is 19.9 Å². The van der Waals surface area contributed by atoms with Crippen LogP contribution in [-0.2, 0) is 17.1 Å². The van der Waals surface area contributed by atoms with Crippen molar-refractivity contribution in [2.45, 2.75) is 77.8 Å². The zero-order valence-electron chi connectivity index (χ0n) is 64.9. The topological polar surface area (TPSA) is 253 Å². The Bertz CT molecular complexity index is 5100. The normalized spacial score (nSPS) is 15.7. The van der Waals surface area contributed by atoms with Gasteiger partial charge in [-0.05, 0) is 161 Å². The van der Waals surface area contributed by atoms with E-state index in [0.29, 0.717) is 68.9 Å². The molecule has 4 atom stereocenters. The Morgan fingerprint density at radius 1 is 0.422 bits per heavy atom. The fourth-order valence-corrected chi connectivity index (χ4v) is 15.0. The molecule has 8 aromatic carbocycles. The first-order valence-electron chi connectivity index (χ1n) is 37.3. The maximum Gasteiger partial charge on any atom is 1.00 e. The molecule has 0 radical (unpaired) electrons. The van der Waals surface area contributed by atoms with Gasteiger partial charge in [-0.1, -0.05) is 192 Å². The Kier molecular flexibility index (Phi) is 32.2. The van der Waals surface area contributed by atoms with Crippen LogP contribution in [0.2, 0.25) is 20.1 Å². The Morgan fingerprint density at radius 3 is 1.03 bits per heavy atom. The van der Waals surface area contributed by atoms with Crippen molar-refractivity contribution < 1.29 is 80.3 Å². The number of nitrogens with two attached hydrogens (primary N) is 1. The molecule has 8 heterocycles. The molecule has 4 aliphatic heterocycles. The van der Waals surface area contributed by atoms with Crippen molar-refractivity contribution in [1.29, 1.82) is 0 Å². The van der Waals surface area contributed by atoms with Crippen LogP contribution < -0.4 is 78.6 Å². The number of methoxy groups -OCH3 is 1. The molecule has 0 bridgehead atoms. The second-order valence-electron chi connectivity index (χ2n) is 28.0. The Balaban J connectivity index is 0.000000160. The van der Waals surface area contributed by atoms with Crippen molar-refractivity contribution in [3.05, 3.63) is 306 Å². The summed E-state index contributed by atoms with van der Waals surface area (Å²) in [7, 11) is 1.72. The molecule has 0 aliphatic carbocycles. The van der Waals surface area contributed by atoms with Gasteiger partial charge in [0.25, 0.3) is 5.69 Å². The van der Waals surface area contributed by atoms with E-state index in [1.807, 2.05) is 190 Å². The van der Waals surface area contributed by atoms with E-state index in [1.54, 1.807) is 38.0 Å². The van der Waals surface area contributed by atoms with Crippen LogP contribution in [0.1, 0.15) is 47.9 Å². The van der Waals surface area contributed by atoms with E-state index >= 15 is 0 Å². The molecule has 4 aliphatic rings. The number of aromatic hydroxyl groups is 1. The van der Waals surface area contributed by atoms with Gasteiger partial charge in [-0.2, -0.15) is 0 Å². The summed E-state index contributed by atoms with van der Waals surface area (Å²) in [6, 6.07) is 71.5. The summed E-state index contributed by atoms with van der Waals surface area (Å²) in [6.07, 6.45) is 10.4. The van der Waals surface area contributed by atoms with Crippen molar-refractivity contribution in [3.8, 4) is 79.5 Å². The Hall–Kier alpha value is -10.4. The molecule has 0 amide bonds. The average molecular weight is 1690 g/mol. The number of rotatable bonds is 18. The number of pyridine rings is 4. The minimum Gasteiger partial charge on any atom is -0.506 e. The number of nitro groups is 1. The SMILES string of the molecule is COc1cc(-c2ccccc2)ccc1N1CC[C@@H](Oc2ncc(C)cc2Cl)C1.Cc1cnc(O[C@@H]2CCN(c3ccc(-c4ccccc4)cc3N)C2)c(Cl)c1.Cc1cnc(O[C@@H]2CCN(c3ccc(-c4ccccc4)cc3O)C2)c(Cl)c1.Cc1cnc(O[C@@H]2CCN(c3ccc(-c4ccccc4)cc3[N+](=O)[O-])C2)c(Cl)c1.O=N[O-].[Fe].[Na+]. The second-order valence-corrected chi connectivity index (χ2v) is 29.6. The van der Waals surface area contributed by atoms with E-state index in [9.17, 15) is 15.2 Å². The summed E-state index contributed by atoms with van der Waals surface area (Å²) in [5.41, 5.74) is 23.3. The Morgan fingerprint density at radius 2 is 0.707 bits per heavy atom. The number of aromatic nitrogens is 4. The average Bonchev–Trinajstić information content (AvgIpc) is 1.97. The summed E-state index contributed by atoms with van der Waals surface area (Å²) in [5.74, 6) is 3.03. The van der Waals surface area contributed by atoms with E-state index in [2.05, 4.69) is 89.2 Å². The second kappa shape index (κ2) is 42.5. The maximum absolute atomic E-state index is 11.7. The number of hydrogen-bond donors (Lipinski definition) is 2. The van der Waals surface area contributed by atoms with Gasteiger partial charge in [0, 0.05) is 99.8 Å². The standard InChI is InChI=1S/C23H23ClN2O2.C22H20ClN3O3.C22H22ClN3O.C22H21ClN2O2.Fe.HNO2.Na/c1-16-12-20(24)23(25-14-16)28-19-10-11-26(15-19)21-9-8-18(13-22(21)27-2)17-6-4-3-5-7-17;1-15-11-19(23)22(24-13-15)29-18-9-10-25(14-18)20-8-7-17(12-21(20)26(27)28)16-5-3-2-4-6-16;1-15-11-19(23)22(25-13-15)27-18-9-10-26(14-18)21-8-7-17(12-20(21)24)16-5-3-2-4-6-16;1-15-11-19(23)22(24-13-15)27-18-9-10-25(14-18)20-8-7-17(12-21(20)26)16-5-3-2-4-6-16;;2-1-3;/h3-9,12-14,19H,10-11,15H2,1-2H3;2-8,11-13,18H,9-10,14H2,1H3;2-8,11-13,18H,9-10,14,24H2,1H3;2-8,11-13,18,26H,9-10,14H2,1H3;;(H,2,3);/q;;;;;;+1/p-1/t19-;3*18-;;;/m1111.../s1. The number of ether oxygens (including phenoxy) is 5. The van der Waals surface area contributed by atoms with E-state index in [0.717, 1.165) is 148 Å². The smallest absolute Gasteiger partial charge is 0.506 e. The first-order chi connectivity index (χ1) is 55.3. The zero-order chi connectivity index (χ0) is 80.2. The number of phenolic OH excluding ortho intramolecular Hbond substituents is 1. The minimum absolute atomic E-state index is 0. The molecule has 0 saturated carbocycles. The number of benzene rings is 8. The van der Waals surface area contributed by atoms with Gasteiger partial charge in [0.05, 0.1) is 61.0 Å². The third-order valence-electron chi connectivity index (χ3n) is 19.6. The fraction of sp³-hybridized carbons (Fsp3) is 0.236. The molecule has 16 rings (SSSR count). The largest absolute Gasteiger partial charge is 1.00 e.